The minimum atomic E-state index is -0.376. The molecule has 1 atom stereocenters. The maximum atomic E-state index is 13.2. The maximum absolute atomic E-state index is 13.2. The summed E-state index contributed by atoms with van der Waals surface area (Å²) in [5, 5.41) is 5.27. The van der Waals surface area contributed by atoms with Gasteiger partial charge in [-0.2, -0.15) is 0 Å². The SMILES string of the molecule is O=C1NC(=NCc2cccnc2)C(c2ccc3ccccc3c2)N1c1ccc2nc[nH]c2c1. The number of aromatic amines is 1. The predicted molar refractivity (Wildman–Crippen MR) is 129 cm³/mol. The standard InChI is InChI=1S/C26H20N6O/c33-26-31-25(28-15-17-4-3-11-27-14-17)24(20-8-7-18-5-1-2-6-19(18)12-20)32(26)21-9-10-22-23(13-21)30-16-29-22/h1-14,16,24H,15H2,(H,29,30)(H,28,31,33). The molecule has 0 spiro atoms. The van der Waals surface area contributed by atoms with E-state index < -0.39 is 0 Å². The van der Waals surface area contributed by atoms with Crippen molar-refractivity contribution in [2.75, 3.05) is 4.90 Å². The number of anilines is 1. The first-order chi connectivity index (χ1) is 16.3. The van der Waals surface area contributed by atoms with Gasteiger partial charge in [-0.3, -0.25) is 20.2 Å². The Morgan fingerprint density at radius 3 is 2.76 bits per heavy atom. The topological polar surface area (TPSA) is 86.3 Å². The number of amidine groups is 1. The van der Waals surface area contributed by atoms with Crippen LogP contribution < -0.4 is 10.2 Å². The van der Waals surface area contributed by atoms with Crippen molar-refractivity contribution in [3.8, 4) is 0 Å². The summed E-state index contributed by atoms with van der Waals surface area (Å²) in [6.07, 6.45) is 5.18. The number of amides is 2. The summed E-state index contributed by atoms with van der Waals surface area (Å²) in [6, 6.07) is 23.5. The molecule has 2 aromatic heterocycles. The summed E-state index contributed by atoms with van der Waals surface area (Å²) in [4.78, 5) is 31.3. The molecule has 7 nitrogen and oxygen atoms in total. The third-order valence-electron chi connectivity index (χ3n) is 5.90. The third kappa shape index (κ3) is 3.49. The van der Waals surface area contributed by atoms with Crippen LogP contribution in [-0.2, 0) is 6.54 Å². The van der Waals surface area contributed by atoms with Gasteiger partial charge in [-0.05, 0) is 52.2 Å². The molecule has 3 aromatic carbocycles. The molecule has 1 unspecified atom stereocenters. The fraction of sp³-hybridized carbons (Fsp3) is 0.0769. The summed E-state index contributed by atoms with van der Waals surface area (Å²) in [7, 11) is 0. The highest BCUT2D eigenvalue weighted by atomic mass is 16.2. The molecular weight excluding hydrogens is 412 g/mol. The van der Waals surface area contributed by atoms with Crippen LogP contribution in [0.3, 0.4) is 0 Å². The quantitative estimate of drug-likeness (QED) is 0.420. The summed E-state index contributed by atoms with van der Waals surface area (Å²) in [5.41, 5.74) is 4.47. The molecular formula is C26H20N6O. The van der Waals surface area contributed by atoms with Gasteiger partial charge in [-0.1, -0.05) is 42.5 Å². The smallest absolute Gasteiger partial charge is 0.328 e. The second-order valence-corrected chi connectivity index (χ2v) is 7.98. The Balaban J connectivity index is 1.47. The number of imidazole rings is 1. The number of rotatable bonds is 4. The second kappa shape index (κ2) is 7.87. The Bertz CT molecular complexity index is 1510. The van der Waals surface area contributed by atoms with E-state index in [0.29, 0.717) is 12.4 Å². The van der Waals surface area contributed by atoms with Gasteiger partial charge >= 0.3 is 6.03 Å². The molecule has 0 radical (unpaired) electrons. The number of carbonyl (C=O) groups excluding carboxylic acids is 1. The van der Waals surface area contributed by atoms with Crippen molar-refractivity contribution in [1.29, 1.82) is 0 Å². The van der Waals surface area contributed by atoms with Crippen molar-refractivity contribution < 1.29 is 4.79 Å². The van der Waals surface area contributed by atoms with E-state index in [1.54, 1.807) is 23.6 Å². The number of fused-ring (bicyclic) bond motifs is 2. The molecule has 7 heteroatoms. The highest BCUT2D eigenvalue weighted by Crippen LogP contribution is 2.34. The van der Waals surface area contributed by atoms with Crippen LogP contribution in [0.2, 0.25) is 0 Å². The largest absolute Gasteiger partial charge is 0.345 e. The van der Waals surface area contributed by atoms with Gasteiger partial charge in [0.15, 0.2) is 0 Å². The van der Waals surface area contributed by atoms with Crippen LogP contribution in [0.5, 0.6) is 0 Å². The first-order valence-corrected chi connectivity index (χ1v) is 10.7. The number of pyridine rings is 1. The number of aromatic nitrogens is 3. The Morgan fingerprint density at radius 1 is 0.970 bits per heavy atom. The average molecular weight is 432 g/mol. The summed E-state index contributed by atoms with van der Waals surface area (Å²) < 4.78 is 0. The van der Waals surface area contributed by atoms with E-state index in [2.05, 4.69) is 50.6 Å². The zero-order valence-corrected chi connectivity index (χ0v) is 17.6. The lowest BCUT2D eigenvalue weighted by molar-refractivity contribution is 0.252. The van der Waals surface area contributed by atoms with E-state index in [-0.39, 0.29) is 12.1 Å². The van der Waals surface area contributed by atoms with E-state index >= 15 is 0 Å². The number of nitrogens with zero attached hydrogens (tertiary/aromatic N) is 4. The predicted octanol–water partition coefficient (Wildman–Crippen LogP) is 4.98. The molecule has 6 rings (SSSR count). The van der Waals surface area contributed by atoms with Crippen LogP contribution >= 0.6 is 0 Å². The van der Waals surface area contributed by atoms with Gasteiger partial charge in [-0.25, -0.2) is 9.78 Å². The normalized spacial score (nSPS) is 17.2. The molecule has 5 aromatic rings. The number of carbonyl (C=O) groups is 1. The lowest BCUT2D eigenvalue weighted by Gasteiger charge is -2.24. The number of aliphatic imine (C=N–C) groups is 1. The molecule has 1 saturated heterocycles. The number of benzene rings is 3. The van der Waals surface area contributed by atoms with Gasteiger partial charge in [-0.15, -0.1) is 0 Å². The molecule has 1 fully saturated rings. The monoisotopic (exact) mass is 432 g/mol. The molecule has 2 N–H and O–H groups in total. The second-order valence-electron chi connectivity index (χ2n) is 7.98. The van der Waals surface area contributed by atoms with Crippen LogP contribution in [0.4, 0.5) is 10.5 Å². The Labute approximate surface area is 189 Å². The van der Waals surface area contributed by atoms with Crippen molar-refractivity contribution in [2.45, 2.75) is 12.6 Å². The van der Waals surface area contributed by atoms with E-state index in [1.807, 2.05) is 42.5 Å². The highest BCUT2D eigenvalue weighted by molar-refractivity contribution is 6.17. The van der Waals surface area contributed by atoms with Crippen LogP contribution in [-0.4, -0.2) is 26.8 Å². The zero-order valence-electron chi connectivity index (χ0n) is 17.6. The highest BCUT2D eigenvalue weighted by Gasteiger charge is 2.39. The maximum Gasteiger partial charge on any atom is 0.328 e. The van der Waals surface area contributed by atoms with Crippen molar-refractivity contribution in [2.24, 2.45) is 4.99 Å². The van der Waals surface area contributed by atoms with Crippen molar-refractivity contribution in [3.63, 3.8) is 0 Å². The molecule has 1 aliphatic rings. The number of urea groups is 1. The number of hydrogen-bond donors (Lipinski definition) is 2. The zero-order chi connectivity index (χ0) is 22.2. The van der Waals surface area contributed by atoms with Crippen LogP contribution in [0.25, 0.3) is 21.8 Å². The number of H-pyrrole nitrogens is 1. The van der Waals surface area contributed by atoms with Crippen molar-refractivity contribution in [1.82, 2.24) is 20.3 Å². The lowest BCUT2D eigenvalue weighted by atomic mass is 10.00. The van der Waals surface area contributed by atoms with E-state index in [1.165, 1.54) is 0 Å². The number of nitrogens with one attached hydrogen (secondary N) is 2. The Kier molecular flexibility index (Phi) is 4.58. The Hall–Kier alpha value is -4.52. The average Bonchev–Trinajstić information content (AvgIpc) is 3.46. The van der Waals surface area contributed by atoms with Gasteiger partial charge in [0, 0.05) is 18.1 Å². The van der Waals surface area contributed by atoms with Gasteiger partial charge < -0.3 is 4.98 Å². The fourth-order valence-corrected chi connectivity index (χ4v) is 4.30. The summed E-state index contributed by atoms with van der Waals surface area (Å²) >= 11 is 0. The van der Waals surface area contributed by atoms with E-state index in [9.17, 15) is 4.79 Å². The summed E-state index contributed by atoms with van der Waals surface area (Å²) in [5.74, 6) is 0.615. The molecule has 3 heterocycles. The van der Waals surface area contributed by atoms with Crippen LogP contribution in [0.15, 0.2) is 96.5 Å². The van der Waals surface area contributed by atoms with Gasteiger partial charge in [0.25, 0.3) is 0 Å². The molecule has 0 aliphatic carbocycles. The van der Waals surface area contributed by atoms with Gasteiger partial charge in [0.1, 0.15) is 11.9 Å². The van der Waals surface area contributed by atoms with Crippen LogP contribution in [0.1, 0.15) is 17.2 Å². The van der Waals surface area contributed by atoms with E-state index in [4.69, 9.17) is 4.99 Å². The van der Waals surface area contributed by atoms with Crippen LogP contribution in [0, 0.1) is 0 Å². The third-order valence-corrected chi connectivity index (χ3v) is 5.90. The minimum Gasteiger partial charge on any atom is -0.345 e. The van der Waals surface area contributed by atoms with Crippen molar-refractivity contribution in [3.05, 3.63) is 103 Å². The molecule has 160 valence electrons. The summed E-state index contributed by atoms with van der Waals surface area (Å²) in [6.45, 7) is 0.432. The fourth-order valence-electron chi connectivity index (χ4n) is 4.30. The number of hydrogen-bond acceptors (Lipinski definition) is 4. The molecule has 33 heavy (non-hydrogen) atoms. The van der Waals surface area contributed by atoms with Gasteiger partial charge in [0.05, 0.1) is 23.9 Å². The first kappa shape index (κ1) is 19.2. The van der Waals surface area contributed by atoms with Gasteiger partial charge in [0.2, 0.25) is 0 Å². The lowest BCUT2D eigenvalue weighted by Crippen LogP contribution is -2.29. The molecule has 1 aliphatic heterocycles. The minimum absolute atomic E-state index is 0.211. The molecule has 0 bridgehead atoms. The Morgan fingerprint density at radius 2 is 1.88 bits per heavy atom. The molecule has 0 saturated carbocycles. The first-order valence-electron chi connectivity index (χ1n) is 10.7. The molecule has 2 amide bonds. The van der Waals surface area contributed by atoms with Crippen molar-refractivity contribution >= 4 is 39.4 Å². The van der Waals surface area contributed by atoms with E-state index in [0.717, 1.165) is 38.6 Å².